The third-order valence-electron chi connectivity index (χ3n) is 3.31. The quantitative estimate of drug-likeness (QED) is 0.909. The second-order valence-electron chi connectivity index (χ2n) is 4.68. The predicted octanol–water partition coefficient (Wildman–Crippen LogP) is 2.63. The van der Waals surface area contributed by atoms with Crippen LogP contribution in [0.3, 0.4) is 0 Å². The molecule has 1 heterocycles. The lowest BCUT2D eigenvalue weighted by Crippen LogP contribution is -2.26. The van der Waals surface area contributed by atoms with E-state index in [2.05, 4.69) is 0 Å². The lowest BCUT2D eigenvalue weighted by molar-refractivity contribution is -0.126. The summed E-state index contributed by atoms with van der Waals surface area (Å²) in [5.41, 5.74) is 1.60. The van der Waals surface area contributed by atoms with Crippen LogP contribution >= 0.6 is 0 Å². The summed E-state index contributed by atoms with van der Waals surface area (Å²) in [5.74, 6) is -0.500. The summed E-state index contributed by atoms with van der Waals surface area (Å²) in [5, 5.41) is 8.96. The molecule has 0 saturated carbocycles. The molecule has 1 N–H and O–H groups in total. The molecule has 0 radical (unpaired) electrons. The summed E-state index contributed by atoms with van der Waals surface area (Å²) in [6, 6.07) is 13.9. The molecule has 0 aromatic heterocycles. The molecule has 0 bridgehead atoms. The fourth-order valence-electron chi connectivity index (χ4n) is 2.32. The van der Waals surface area contributed by atoms with E-state index in [1.807, 2.05) is 30.3 Å². The van der Waals surface area contributed by atoms with Gasteiger partial charge in [0.15, 0.2) is 11.9 Å². The van der Waals surface area contributed by atoms with Gasteiger partial charge in [-0.15, -0.1) is 0 Å². The van der Waals surface area contributed by atoms with Crippen molar-refractivity contribution >= 4 is 11.8 Å². The zero-order valence-electron chi connectivity index (χ0n) is 10.6. The van der Waals surface area contributed by atoms with Crippen molar-refractivity contribution in [1.29, 1.82) is 0 Å². The van der Waals surface area contributed by atoms with Gasteiger partial charge in [0.05, 0.1) is 5.56 Å². The fourth-order valence-corrected chi connectivity index (χ4v) is 2.32. The summed E-state index contributed by atoms with van der Waals surface area (Å²) < 4.78 is 5.72. The van der Waals surface area contributed by atoms with E-state index in [9.17, 15) is 9.59 Å². The Morgan fingerprint density at radius 3 is 2.60 bits per heavy atom. The van der Waals surface area contributed by atoms with E-state index in [0.29, 0.717) is 11.3 Å². The molecule has 20 heavy (non-hydrogen) atoms. The molecular weight excluding hydrogens is 256 g/mol. The number of rotatable bonds is 2. The highest BCUT2D eigenvalue weighted by molar-refractivity contribution is 5.91. The molecule has 2 aromatic carbocycles. The van der Waals surface area contributed by atoms with Crippen LogP contribution < -0.4 is 4.74 Å². The molecule has 0 amide bonds. The molecule has 0 fully saturated rings. The minimum absolute atomic E-state index is 0.0637. The van der Waals surface area contributed by atoms with Gasteiger partial charge in [0.2, 0.25) is 0 Å². The highest BCUT2D eigenvalue weighted by Gasteiger charge is 2.29. The smallest absolute Gasteiger partial charge is 0.335 e. The van der Waals surface area contributed by atoms with Crippen molar-refractivity contribution in [3.63, 3.8) is 0 Å². The lowest BCUT2D eigenvalue weighted by Gasteiger charge is -2.25. The molecule has 1 unspecified atom stereocenters. The van der Waals surface area contributed by atoms with Crippen molar-refractivity contribution in [2.24, 2.45) is 0 Å². The van der Waals surface area contributed by atoms with Gasteiger partial charge in [0.25, 0.3) is 0 Å². The number of carbonyl (C=O) groups excluding carboxylic acids is 1. The van der Waals surface area contributed by atoms with Gasteiger partial charge in [-0.2, -0.15) is 0 Å². The Balaban J connectivity index is 1.95. The van der Waals surface area contributed by atoms with Gasteiger partial charge in [-0.05, 0) is 23.8 Å². The molecule has 100 valence electrons. The zero-order chi connectivity index (χ0) is 14.1. The van der Waals surface area contributed by atoms with E-state index in [1.165, 1.54) is 12.1 Å². The first-order valence-corrected chi connectivity index (χ1v) is 6.25. The molecule has 0 aliphatic carbocycles. The monoisotopic (exact) mass is 268 g/mol. The second-order valence-corrected chi connectivity index (χ2v) is 4.68. The van der Waals surface area contributed by atoms with E-state index < -0.39 is 12.1 Å². The van der Waals surface area contributed by atoms with E-state index >= 15 is 0 Å². The average Bonchev–Trinajstić information content (AvgIpc) is 2.46. The number of aromatic carboxylic acids is 1. The topological polar surface area (TPSA) is 63.6 Å². The standard InChI is InChI=1S/C16H12O4/c17-13-9-12-8-11(16(18)19)6-7-14(12)20-15(13)10-4-2-1-3-5-10/h1-8,15H,9H2,(H,18,19). The molecule has 0 saturated heterocycles. The third-order valence-corrected chi connectivity index (χ3v) is 3.31. The van der Waals surface area contributed by atoms with Crippen LogP contribution in [-0.2, 0) is 11.2 Å². The van der Waals surface area contributed by atoms with Gasteiger partial charge in [-0.25, -0.2) is 4.79 Å². The Morgan fingerprint density at radius 2 is 1.90 bits per heavy atom. The number of ketones is 1. The van der Waals surface area contributed by atoms with Crippen molar-refractivity contribution in [1.82, 2.24) is 0 Å². The largest absolute Gasteiger partial charge is 0.478 e. The molecule has 2 aromatic rings. The lowest BCUT2D eigenvalue weighted by atomic mass is 9.95. The fraction of sp³-hybridized carbons (Fsp3) is 0.125. The molecule has 0 spiro atoms. The second kappa shape index (κ2) is 4.81. The van der Waals surface area contributed by atoms with Crippen LogP contribution in [-0.4, -0.2) is 16.9 Å². The van der Waals surface area contributed by atoms with Gasteiger partial charge in [0.1, 0.15) is 5.75 Å². The minimum Gasteiger partial charge on any atom is -0.478 e. The van der Waals surface area contributed by atoms with Crippen molar-refractivity contribution in [3.8, 4) is 5.75 Å². The Hall–Kier alpha value is -2.62. The van der Waals surface area contributed by atoms with E-state index in [0.717, 1.165) is 5.56 Å². The van der Waals surface area contributed by atoms with Crippen molar-refractivity contribution in [2.45, 2.75) is 12.5 Å². The SMILES string of the molecule is O=C(O)c1ccc2c(c1)CC(=O)C(c1ccccc1)O2. The molecular formula is C16H12O4. The van der Waals surface area contributed by atoms with Crippen LogP contribution in [0.25, 0.3) is 0 Å². The maximum atomic E-state index is 12.2. The predicted molar refractivity (Wildman–Crippen MR) is 71.9 cm³/mol. The van der Waals surface area contributed by atoms with Crippen LogP contribution in [0.15, 0.2) is 48.5 Å². The van der Waals surface area contributed by atoms with Crippen LogP contribution in [0, 0.1) is 0 Å². The van der Waals surface area contributed by atoms with Crippen LogP contribution in [0.5, 0.6) is 5.75 Å². The number of carbonyl (C=O) groups is 2. The Kier molecular flexibility index (Phi) is 2.99. The highest BCUT2D eigenvalue weighted by atomic mass is 16.5. The molecule has 3 rings (SSSR count). The van der Waals surface area contributed by atoms with Gasteiger partial charge in [-0.1, -0.05) is 30.3 Å². The van der Waals surface area contributed by atoms with E-state index in [4.69, 9.17) is 9.84 Å². The molecule has 1 aliphatic heterocycles. The van der Waals surface area contributed by atoms with Crippen molar-refractivity contribution < 1.29 is 19.4 Å². The van der Waals surface area contributed by atoms with Gasteiger partial charge >= 0.3 is 5.97 Å². The van der Waals surface area contributed by atoms with Crippen molar-refractivity contribution in [3.05, 3.63) is 65.2 Å². The first-order chi connectivity index (χ1) is 9.65. The number of hydrogen-bond donors (Lipinski definition) is 1. The van der Waals surface area contributed by atoms with Gasteiger partial charge in [-0.3, -0.25) is 4.79 Å². The number of benzene rings is 2. The Morgan fingerprint density at radius 1 is 1.15 bits per heavy atom. The third kappa shape index (κ3) is 2.16. The maximum Gasteiger partial charge on any atom is 0.335 e. The summed E-state index contributed by atoms with van der Waals surface area (Å²) in [4.78, 5) is 23.1. The molecule has 1 atom stereocenters. The Labute approximate surface area is 115 Å². The highest BCUT2D eigenvalue weighted by Crippen LogP contribution is 2.33. The van der Waals surface area contributed by atoms with Crippen LogP contribution in [0.4, 0.5) is 0 Å². The first-order valence-electron chi connectivity index (χ1n) is 6.25. The van der Waals surface area contributed by atoms with Gasteiger partial charge in [0, 0.05) is 12.0 Å². The molecule has 4 nitrogen and oxygen atoms in total. The summed E-state index contributed by atoms with van der Waals surface area (Å²) in [7, 11) is 0. The summed E-state index contributed by atoms with van der Waals surface area (Å²) in [6.07, 6.45) is -0.421. The normalized spacial score (nSPS) is 17.2. The number of carboxylic acid groups (broad SMARTS) is 1. The molecule has 4 heteroatoms. The number of carboxylic acids is 1. The molecule has 1 aliphatic rings. The van der Waals surface area contributed by atoms with E-state index in [1.54, 1.807) is 6.07 Å². The van der Waals surface area contributed by atoms with Crippen LogP contribution in [0.1, 0.15) is 27.6 Å². The van der Waals surface area contributed by atoms with E-state index in [-0.39, 0.29) is 17.8 Å². The first kappa shape index (κ1) is 12.4. The average molecular weight is 268 g/mol. The minimum atomic E-state index is -1.01. The summed E-state index contributed by atoms with van der Waals surface area (Å²) in [6.45, 7) is 0. The number of hydrogen-bond acceptors (Lipinski definition) is 3. The zero-order valence-corrected chi connectivity index (χ0v) is 10.6. The Bertz CT molecular complexity index is 676. The number of ether oxygens (including phenoxy) is 1. The number of Topliss-reactive ketones (excluding diaryl/α,β-unsaturated/α-hetero) is 1. The summed E-state index contributed by atoms with van der Waals surface area (Å²) >= 11 is 0. The van der Waals surface area contributed by atoms with Crippen molar-refractivity contribution in [2.75, 3.05) is 0 Å². The number of fused-ring (bicyclic) bond motifs is 1. The van der Waals surface area contributed by atoms with Gasteiger partial charge < -0.3 is 9.84 Å². The van der Waals surface area contributed by atoms with Crippen LogP contribution in [0.2, 0.25) is 0 Å². The maximum absolute atomic E-state index is 12.2.